The number of nitrogens with one attached hydrogen (secondary N) is 1. The SMILES string of the molecule is Cc1cc(N2CCCC2)ccc1NC(=O)COC(=O)CSc1cnc2ccccc2n1. The van der Waals surface area contributed by atoms with Crippen molar-refractivity contribution in [1.29, 1.82) is 0 Å². The number of para-hydroxylation sites is 2. The topological polar surface area (TPSA) is 84.4 Å². The van der Waals surface area contributed by atoms with Crippen LogP contribution in [0.1, 0.15) is 18.4 Å². The molecule has 0 atom stereocenters. The maximum absolute atomic E-state index is 12.2. The van der Waals surface area contributed by atoms with Crippen molar-refractivity contribution in [3.8, 4) is 0 Å². The highest BCUT2D eigenvalue weighted by Crippen LogP contribution is 2.25. The third-order valence-corrected chi connectivity index (χ3v) is 5.96. The maximum Gasteiger partial charge on any atom is 0.316 e. The highest BCUT2D eigenvalue weighted by Gasteiger charge is 2.14. The van der Waals surface area contributed by atoms with Crippen LogP contribution in [0.3, 0.4) is 0 Å². The van der Waals surface area contributed by atoms with Gasteiger partial charge in [-0.2, -0.15) is 0 Å². The number of hydrogen-bond acceptors (Lipinski definition) is 7. The first-order chi connectivity index (χ1) is 15.1. The fourth-order valence-electron chi connectivity index (χ4n) is 3.48. The van der Waals surface area contributed by atoms with Crippen LogP contribution in [0, 0.1) is 6.92 Å². The zero-order valence-corrected chi connectivity index (χ0v) is 18.2. The Bertz CT molecular complexity index is 1100. The van der Waals surface area contributed by atoms with E-state index < -0.39 is 5.97 Å². The molecule has 1 aliphatic heterocycles. The van der Waals surface area contributed by atoms with Crippen LogP contribution in [0.2, 0.25) is 0 Å². The number of aryl methyl sites for hydroxylation is 1. The molecule has 31 heavy (non-hydrogen) atoms. The summed E-state index contributed by atoms with van der Waals surface area (Å²) in [6.45, 7) is 3.78. The highest BCUT2D eigenvalue weighted by atomic mass is 32.2. The quantitative estimate of drug-likeness (QED) is 0.445. The fraction of sp³-hybridized carbons (Fsp3) is 0.304. The highest BCUT2D eigenvalue weighted by molar-refractivity contribution is 7.99. The summed E-state index contributed by atoms with van der Waals surface area (Å²) in [4.78, 5) is 35.3. The Kier molecular flexibility index (Phi) is 6.66. The number of nitrogens with zero attached hydrogens (tertiary/aromatic N) is 3. The number of amides is 1. The minimum atomic E-state index is -0.476. The van der Waals surface area contributed by atoms with Gasteiger partial charge in [-0.3, -0.25) is 14.6 Å². The van der Waals surface area contributed by atoms with Crippen LogP contribution in [-0.4, -0.2) is 47.3 Å². The molecule has 1 N–H and O–H groups in total. The van der Waals surface area contributed by atoms with E-state index in [-0.39, 0.29) is 18.3 Å². The molecule has 1 saturated heterocycles. The first kappa shape index (κ1) is 21.1. The number of carbonyl (C=O) groups is 2. The molecule has 2 heterocycles. The zero-order chi connectivity index (χ0) is 21.6. The number of anilines is 2. The summed E-state index contributed by atoms with van der Waals surface area (Å²) >= 11 is 1.23. The average molecular weight is 437 g/mol. The Morgan fingerprint density at radius 1 is 1.13 bits per heavy atom. The van der Waals surface area contributed by atoms with Crippen LogP contribution in [0.4, 0.5) is 11.4 Å². The molecule has 1 fully saturated rings. The van der Waals surface area contributed by atoms with Gasteiger partial charge in [0.25, 0.3) is 5.91 Å². The molecular formula is C23H24N4O3S. The molecule has 1 aliphatic rings. The van der Waals surface area contributed by atoms with Gasteiger partial charge in [0, 0.05) is 24.5 Å². The van der Waals surface area contributed by atoms with Gasteiger partial charge in [0.15, 0.2) is 6.61 Å². The van der Waals surface area contributed by atoms with Gasteiger partial charge in [0.2, 0.25) is 0 Å². The summed E-state index contributed by atoms with van der Waals surface area (Å²) in [6.07, 6.45) is 4.06. The minimum Gasteiger partial charge on any atom is -0.455 e. The van der Waals surface area contributed by atoms with Crippen molar-refractivity contribution in [2.24, 2.45) is 0 Å². The number of hydrogen-bond donors (Lipinski definition) is 1. The van der Waals surface area contributed by atoms with Crippen LogP contribution in [0.5, 0.6) is 0 Å². The fourth-order valence-corrected chi connectivity index (χ4v) is 4.12. The molecule has 0 unspecified atom stereocenters. The molecule has 0 spiro atoms. The predicted molar refractivity (Wildman–Crippen MR) is 122 cm³/mol. The lowest BCUT2D eigenvalue weighted by atomic mass is 10.1. The molecule has 7 nitrogen and oxygen atoms in total. The number of esters is 1. The summed E-state index contributed by atoms with van der Waals surface area (Å²) in [5, 5.41) is 3.45. The molecule has 0 radical (unpaired) electrons. The van der Waals surface area contributed by atoms with E-state index in [1.54, 1.807) is 6.20 Å². The molecule has 1 amide bonds. The van der Waals surface area contributed by atoms with E-state index in [0.717, 1.165) is 35.4 Å². The van der Waals surface area contributed by atoms with E-state index in [9.17, 15) is 9.59 Å². The summed E-state index contributed by atoms with van der Waals surface area (Å²) in [5.74, 6) is -0.777. The van der Waals surface area contributed by atoms with Crippen LogP contribution in [-0.2, 0) is 14.3 Å². The smallest absolute Gasteiger partial charge is 0.316 e. The summed E-state index contributed by atoms with van der Waals surface area (Å²) in [6, 6.07) is 13.5. The normalized spacial score (nSPS) is 13.4. The third-order valence-electron chi connectivity index (χ3n) is 5.08. The number of benzene rings is 2. The monoisotopic (exact) mass is 436 g/mol. The lowest BCUT2D eigenvalue weighted by molar-refractivity contribution is -0.144. The Morgan fingerprint density at radius 2 is 1.90 bits per heavy atom. The maximum atomic E-state index is 12.2. The second-order valence-electron chi connectivity index (χ2n) is 7.39. The Labute approximate surface area is 185 Å². The number of ether oxygens (including phenoxy) is 1. The predicted octanol–water partition coefficient (Wildman–Crippen LogP) is 3.81. The van der Waals surface area contributed by atoms with E-state index in [4.69, 9.17) is 4.74 Å². The number of thioether (sulfide) groups is 1. The molecule has 0 bridgehead atoms. The van der Waals surface area contributed by atoms with Crippen LogP contribution in [0.15, 0.2) is 53.7 Å². The Hall–Kier alpha value is -3.13. The molecule has 0 saturated carbocycles. The summed E-state index contributed by atoms with van der Waals surface area (Å²) in [5.41, 5.74) is 4.45. The molecule has 0 aliphatic carbocycles. The minimum absolute atomic E-state index is 0.0594. The van der Waals surface area contributed by atoms with Crippen molar-refractivity contribution < 1.29 is 14.3 Å². The second-order valence-corrected chi connectivity index (χ2v) is 8.38. The van der Waals surface area contributed by atoms with E-state index in [2.05, 4.69) is 26.3 Å². The first-order valence-corrected chi connectivity index (χ1v) is 11.2. The third kappa shape index (κ3) is 5.52. The van der Waals surface area contributed by atoms with Gasteiger partial charge in [-0.25, -0.2) is 4.98 Å². The summed E-state index contributed by atoms with van der Waals surface area (Å²) in [7, 11) is 0. The van der Waals surface area contributed by atoms with Crippen LogP contribution in [0.25, 0.3) is 11.0 Å². The lowest BCUT2D eigenvalue weighted by Crippen LogP contribution is -2.22. The van der Waals surface area contributed by atoms with Crippen molar-refractivity contribution in [3.63, 3.8) is 0 Å². The standard InChI is InChI=1S/C23H24N4O3S/c1-16-12-17(27-10-4-5-11-27)8-9-18(16)25-21(28)14-30-23(29)15-31-22-13-24-19-6-2-3-7-20(19)26-22/h2-3,6-9,12-13H,4-5,10-11,14-15H2,1H3,(H,25,28). The molecule has 2 aromatic carbocycles. The summed E-state index contributed by atoms with van der Waals surface area (Å²) < 4.78 is 5.10. The van der Waals surface area contributed by atoms with Crippen LogP contribution < -0.4 is 10.2 Å². The van der Waals surface area contributed by atoms with Crippen molar-refractivity contribution in [2.75, 3.05) is 35.7 Å². The van der Waals surface area contributed by atoms with Gasteiger partial charge >= 0.3 is 5.97 Å². The van der Waals surface area contributed by atoms with Gasteiger partial charge in [0.1, 0.15) is 5.03 Å². The number of rotatable bonds is 7. The van der Waals surface area contributed by atoms with Gasteiger partial charge in [-0.1, -0.05) is 23.9 Å². The van der Waals surface area contributed by atoms with Gasteiger partial charge < -0.3 is 15.0 Å². The first-order valence-electron chi connectivity index (χ1n) is 10.2. The molecular weight excluding hydrogens is 412 g/mol. The van der Waals surface area contributed by atoms with Gasteiger partial charge in [-0.15, -0.1) is 0 Å². The van der Waals surface area contributed by atoms with E-state index in [1.807, 2.05) is 43.3 Å². The van der Waals surface area contributed by atoms with E-state index in [0.29, 0.717) is 5.03 Å². The van der Waals surface area contributed by atoms with Gasteiger partial charge in [0.05, 0.1) is 23.0 Å². The number of fused-ring (bicyclic) bond motifs is 1. The second kappa shape index (κ2) is 9.78. The van der Waals surface area contributed by atoms with Crippen molar-refractivity contribution in [1.82, 2.24) is 9.97 Å². The Balaban J connectivity index is 1.24. The van der Waals surface area contributed by atoms with E-state index in [1.165, 1.54) is 30.3 Å². The lowest BCUT2D eigenvalue weighted by Gasteiger charge is -2.19. The molecule has 3 aromatic rings. The van der Waals surface area contributed by atoms with Crippen molar-refractivity contribution in [3.05, 3.63) is 54.2 Å². The van der Waals surface area contributed by atoms with E-state index >= 15 is 0 Å². The molecule has 8 heteroatoms. The molecule has 160 valence electrons. The molecule has 1 aromatic heterocycles. The number of carbonyl (C=O) groups excluding carboxylic acids is 2. The largest absolute Gasteiger partial charge is 0.455 e. The van der Waals surface area contributed by atoms with Crippen molar-refractivity contribution in [2.45, 2.75) is 24.8 Å². The van der Waals surface area contributed by atoms with Crippen molar-refractivity contribution >= 4 is 46.0 Å². The Morgan fingerprint density at radius 3 is 2.68 bits per heavy atom. The van der Waals surface area contributed by atoms with Gasteiger partial charge in [-0.05, 0) is 55.7 Å². The average Bonchev–Trinajstić information content (AvgIpc) is 3.32. The molecule has 4 rings (SSSR count). The van der Waals surface area contributed by atoms with Crippen LogP contribution >= 0.6 is 11.8 Å². The number of aromatic nitrogens is 2. The zero-order valence-electron chi connectivity index (χ0n) is 17.3.